The Labute approximate surface area is 206 Å². The van der Waals surface area contributed by atoms with E-state index in [-0.39, 0.29) is 36.4 Å². The molecule has 36 heavy (non-hydrogen) atoms. The number of alkyl halides is 2. The zero-order valence-corrected chi connectivity index (χ0v) is 19.9. The highest BCUT2D eigenvalue weighted by Crippen LogP contribution is 2.42. The summed E-state index contributed by atoms with van der Waals surface area (Å²) < 4.78 is 30.5. The molecule has 9 nitrogen and oxygen atoms in total. The third kappa shape index (κ3) is 4.81. The Morgan fingerprint density at radius 3 is 2.50 bits per heavy atom. The molecule has 11 heteroatoms. The molecular weight excluding hydrogens is 472 g/mol. The fraction of sp³-hybridized carbons (Fsp3) is 0.320. The maximum absolute atomic E-state index is 13.8. The molecule has 3 aromatic rings. The maximum Gasteiger partial charge on any atom is 0.388 e. The summed E-state index contributed by atoms with van der Waals surface area (Å²) in [4.78, 5) is 38.7. The van der Waals surface area contributed by atoms with Crippen molar-refractivity contribution in [3.63, 3.8) is 0 Å². The van der Waals surface area contributed by atoms with Crippen LogP contribution in [0.1, 0.15) is 47.2 Å². The normalized spacial score (nSPS) is 14.5. The van der Waals surface area contributed by atoms with Crippen molar-refractivity contribution in [2.75, 3.05) is 23.3 Å². The summed E-state index contributed by atoms with van der Waals surface area (Å²) in [5, 5.41) is 12.0. The van der Waals surface area contributed by atoms with Crippen LogP contribution in [-0.4, -0.2) is 51.6 Å². The van der Waals surface area contributed by atoms with Gasteiger partial charge in [0.1, 0.15) is 16.9 Å². The van der Waals surface area contributed by atoms with Gasteiger partial charge in [-0.1, -0.05) is 38.1 Å². The van der Waals surface area contributed by atoms with E-state index < -0.39 is 23.9 Å². The number of pyridine rings is 1. The van der Waals surface area contributed by atoms with Crippen LogP contribution in [-0.2, 0) is 10.2 Å². The molecule has 1 amide bonds. The molecular formula is C25H25F2N5O4. The predicted octanol–water partition coefficient (Wildman–Crippen LogP) is 4.00. The van der Waals surface area contributed by atoms with Gasteiger partial charge < -0.3 is 20.1 Å². The molecule has 0 spiro atoms. The highest BCUT2D eigenvalue weighted by Gasteiger charge is 2.52. The van der Waals surface area contributed by atoms with Crippen LogP contribution >= 0.6 is 0 Å². The third-order valence-electron chi connectivity index (χ3n) is 6.06. The molecule has 1 aromatic carbocycles. The average Bonchev–Trinajstić information content (AvgIpc) is 2.80. The van der Waals surface area contributed by atoms with Crippen molar-refractivity contribution in [3.05, 3.63) is 71.3 Å². The molecule has 0 aliphatic carbocycles. The maximum atomic E-state index is 13.8. The number of amides is 1. The fourth-order valence-electron chi connectivity index (χ4n) is 4.31. The molecule has 3 heterocycles. The van der Waals surface area contributed by atoms with Crippen molar-refractivity contribution in [2.24, 2.45) is 0 Å². The Morgan fingerprint density at radius 1 is 1.11 bits per heavy atom. The van der Waals surface area contributed by atoms with Crippen molar-refractivity contribution in [3.8, 4) is 5.88 Å². The highest BCUT2D eigenvalue weighted by molar-refractivity contribution is 6.02. The number of aromatic nitrogens is 3. The van der Waals surface area contributed by atoms with Crippen molar-refractivity contribution in [1.29, 1.82) is 0 Å². The molecule has 1 saturated heterocycles. The first-order chi connectivity index (χ1) is 17.1. The minimum Gasteiger partial charge on any atom is -0.475 e. The number of halogens is 2. The van der Waals surface area contributed by atoms with Crippen LogP contribution in [0.15, 0.2) is 48.7 Å². The van der Waals surface area contributed by atoms with E-state index in [1.165, 1.54) is 12.3 Å². The number of aromatic carboxylic acids is 1. The highest BCUT2D eigenvalue weighted by atomic mass is 19.3. The van der Waals surface area contributed by atoms with Gasteiger partial charge in [-0.3, -0.25) is 4.79 Å². The van der Waals surface area contributed by atoms with Gasteiger partial charge >= 0.3 is 12.6 Å². The number of anilines is 2. The van der Waals surface area contributed by atoms with E-state index in [0.717, 1.165) is 11.1 Å². The SMILES string of the molecule is Cc1ccc(NC(=O)C2(c3ccccc3C(C)C)CN(c3ccnc(C(=O)O)n3)C2)c(OC(F)F)n1. The predicted molar refractivity (Wildman–Crippen MR) is 128 cm³/mol. The van der Waals surface area contributed by atoms with Gasteiger partial charge in [0.2, 0.25) is 17.6 Å². The van der Waals surface area contributed by atoms with Gasteiger partial charge in [0.05, 0.1) is 0 Å². The second-order valence-electron chi connectivity index (χ2n) is 8.86. The molecule has 1 aliphatic heterocycles. The second-order valence-corrected chi connectivity index (χ2v) is 8.86. The Morgan fingerprint density at radius 2 is 1.83 bits per heavy atom. The fourth-order valence-corrected chi connectivity index (χ4v) is 4.31. The van der Waals surface area contributed by atoms with Crippen LogP contribution in [0.5, 0.6) is 5.88 Å². The van der Waals surface area contributed by atoms with E-state index in [1.54, 1.807) is 24.0 Å². The number of benzene rings is 1. The molecule has 0 saturated carbocycles. The summed E-state index contributed by atoms with van der Waals surface area (Å²) in [6.45, 7) is 2.92. The first-order valence-corrected chi connectivity index (χ1v) is 11.3. The molecule has 0 atom stereocenters. The number of carbonyl (C=O) groups excluding carboxylic acids is 1. The van der Waals surface area contributed by atoms with Crippen molar-refractivity contribution in [1.82, 2.24) is 15.0 Å². The number of carboxylic acid groups (broad SMARTS) is 1. The lowest BCUT2D eigenvalue weighted by atomic mass is 9.69. The van der Waals surface area contributed by atoms with E-state index in [0.29, 0.717) is 11.5 Å². The first kappa shape index (κ1) is 25.0. The molecule has 4 rings (SSSR count). The van der Waals surface area contributed by atoms with Crippen molar-refractivity contribution < 1.29 is 28.2 Å². The number of aryl methyl sites for hydroxylation is 1. The minimum atomic E-state index is -3.11. The monoisotopic (exact) mass is 497 g/mol. The number of nitrogens with zero attached hydrogens (tertiary/aromatic N) is 4. The topological polar surface area (TPSA) is 118 Å². The van der Waals surface area contributed by atoms with Gasteiger partial charge in [-0.15, -0.1) is 0 Å². The largest absolute Gasteiger partial charge is 0.475 e. The van der Waals surface area contributed by atoms with Crippen LogP contribution < -0.4 is 15.0 Å². The molecule has 0 unspecified atom stereocenters. The number of carbonyl (C=O) groups is 2. The second kappa shape index (κ2) is 9.84. The Balaban J connectivity index is 1.72. The smallest absolute Gasteiger partial charge is 0.388 e. The van der Waals surface area contributed by atoms with Crippen LogP contribution in [0, 0.1) is 6.92 Å². The summed E-state index contributed by atoms with van der Waals surface area (Å²) >= 11 is 0. The molecule has 1 fully saturated rings. The lowest BCUT2D eigenvalue weighted by molar-refractivity contribution is -0.122. The minimum absolute atomic E-state index is 0.0287. The van der Waals surface area contributed by atoms with E-state index in [1.807, 2.05) is 38.1 Å². The summed E-state index contributed by atoms with van der Waals surface area (Å²) in [6, 6.07) is 12.2. The Kier molecular flexibility index (Phi) is 6.82. The van der Waals surface area contributed by atoms with Gasteiger partial charge in [0.15, 0.2) is 0 Å². The number of carboxylic acids is 1. The van der Waals surface area contributed by atoms with E-state index >= 15 is 0 Å². The number of nitrogens with one attached hydrogen (secondary N) is 1. The van der Waals surface area contributed by atoms with Gasteiger partial charge in [-0.2, -0.15) is 8.78 Å². The summed E-state index contributed by atoms with van der Waals surface area (Å²) in [5.74, 6) is -1.93. The first-order valence-electron chi connectivity index (χ1n) is 11.3. The van der Waals surface area contributed by atoms with Crippen LogP contribution in [0.3, 0.4) is 0 Å². The van der Waals surface area contributed by atoms with Gasteiger partial charge in [-0.05, 0) is 42.2 Å². The van der Waals surface area contributed by atoms with Crippen LogP contribution in [0.2, 0.25) is 0 Å². The van der Waals surface area contributed by atoms with E-state index in [2.05, 4.69) is 25.0 Å². The average molecular weight is 498 g/mol. The number of hydrogen-bond acceptors (Lipinski definition) is 7. The van der Waals surface area contributed by atoms with E-state index in [9.17, 15) is 23.5 Å². The quantitative estimate of drug-likeness (QED) is 0.480. The molecule has 1 aliphatic rings. The van der Waals surface area contributed by atoms with Gasteiger partial charge in [0, 0.05) is 25.0 Å². The molecule has 188 valence electrons. The third-order valence-corrected chi connectivity index (χ3v) is 6.06. The lowest BCUT2D eigenvalue weighted by Gasteiger charge is -2.50. The summed E-state index contributed by atoms with van der Waals surface area (Å²) in [5.41, 5.74) is 1.17. The molecule has 2 aromatic heterocycles. The van der Waals surface area contributed by atoms with Gasteiger partial charge in [-0.25, -0.2) is 19.7 Å². The standard InChI is InChI=1S/C25H25F2N5O4/c1-14(2)16-6-4-5-7-17(16)25(12-32(13-25)19-10-11-28-20(31-19)22(33)34)23(35)30-18-9-8-15(3)29-21(18)36-24(26)27/h4-11,14,24H,12-13H2,1-3H3,(H,30,35)(H,33,34). The van der Waals surface area contributed by atoms with Crippen LogP contribution in [0.25, 0.3) is 0 Å². The summed E-state index contributed by atoms with van der Waals surface area (Å²) in [7, 11) is 0. The Bertz CT molecular complexity index is 1290. The molecule has 0 bridgehead atoms. The zero-order valence-electron chi connectivity index (χ0n) is 19.9. The van der Waals surface area contributed by atoms with E-state index in [4.69, 9.17) is 0 Å². The Hall–Kier alpha value is -4.15. The summed E-state index contributed by atoms with van der Waals surface area (Å²) in [6.07, 6.45) is 1.35. The van der Waals surface area contributed by atoms with Crippen molar-refractivity contribution in [2.45, 2.75) is 38.7 Å². The van der Waals surface area contributed by atoms with Crippen LogP contribution in [0.4, 0.5) is 20.3 Å². The number of rotatable bonds is 8. The van der Waals surface area contributed by atoms with Gasteiger partial charge in [0.25, 0.3) is 0 Å². The molecule has 0 radical (unpaired) electrons. The number of hydrogen-bond donors (Lipinski definition) is 2. The lowest BCUT2D eigenvalue weighted by Crippen LogP contribution is -2.65. The molecule has 2 N–H and O–H groups in total. The number of ether oxygens (including phenoxy) is 1. The van der Waals surface area contributed by atoms with Crippen molar-refractivity contribution >= 4 is 23.4 Å². The zero-order chi connectivity index (χ0) is 26.0.